The van der Waals surface area contributed by atoms with Crippen molar-refractivity contribution in [2.24, 2.45) is 11.8 Å². The molecule has 2 aromatic carbocycles. The van der Waals surface area contributed by atoms with Crippen molar-refractivity contribution in [1.82, 2.24) is 9.97 Å². The van der Waals surface area contributed by atoms with Crippen LogP contribution in [0.4, 0.5) is 26.3 Å². The number of pyridine rings is 2. The zero-order valence-corrected chi connectivity index (χ0v) is 28.4. The van der Waals surface area contributed by atoms with Crippen molar-refractivity contribution in [2.75, 3.05) is 0 Å². The summed E-state index contributed by atoms with van der Waals surface area (Å²) in [5, 5.41) is 0. The van der Waals surface area contributed by atoms with Crippen LogP contribution in [-0.2, 0) is 0 Å². The van der Waals surface area contributed by atoms with Crippen LogP contribution in [0.1, 0.15) is 120 Å². The molecule has 262 valence electrons. The van der Waals surface area contributed by atoms with Crippen molar-refractivity contribution in [1.29, 1.82) is 0 Å². The first-order valence-electron chi connectivity index (χ1n) is 17.9. The molecule has 2 aliphatic carbocycles. The molecule has 2 fully saturated rings. The Morgan fingerprint density at radius 1 is 0.490 bits per heavy atom. The van der Waals surface area contributed by atoms with Crippen LogP contribution in [0.15, 0.2) is 60.7 Å². The van der Waals surface area contributed by atoms with Crippen LogP contribution in [0.2, 0.25) is 0 Å². The first-order valence-corrected chi connectivity index (χ1v) is 17.9. The van der Waals surface area contributed by atoms with Crippen LogP contribution in [0, 0.1) is 47.3 Å². The summed E-state index contributed by atoms with van der Waals surface area (Å²) >= 11 is 0. The fraction of sp³-hybridized carbons (Fsp3) is 0.463. The number of rotatable bonds is 9. The lowest BCUT2D eigenvalue weighted by molar-refractivity contribution is 0.304. The van der Waals surface area contributed by atoms with Gasteiger partial charge in [-0.05, 0) is 123 Å². The molecule has 0 radical (unpaired) electrons. The summed E-state index contributed by atoms with van der Waals surface area (Å²) in [4.78, 5) is 6.27. The average Bonchev–Trinajstić information content (AvgIpc) is 3.09. The summed E-state index contributed by atoms with van der Waals surface area (Å²) in [6.45, 7) is 4.43. The summed E-state index contributed by atoms with van der Waals surface area (Å²) in [6.07, 6.45) is 15.4. The molecule has 4 aromatic rings. The summed E-state index contributed by atoms with van der Waals surface area (Å²) in [5.41, 5.74) is 2.20. The Labute approximate surface area is 286 Å². The van der Waals surface area contributed by atoms with E-state index in [-0.39, 0.29) is 22.3 Å². The van der Waals surface area contributed by atoms with Crippen LogP contribution < -0.4 is 0 Å². The van der Waals surface area contributed by atoms with Crippen LogP contribution in [0.3, 0.4) is 0 Å². The zero-order valence-electron chi connectivity index (χ0n) is 28.4. The van der Waals surface area contributed by atoms with Gasteiger partial charge in [0.15, 0.2) is 0 Å². The first-order chi connectivity index (χ1) is 23.7. The van der Waals surface area contributed by atoms with Gasteiger partial charge in [-0.1, -0.05) is 70.2 Å². The van der Waals surface area contributed by atoms with E-state index < -0.39 is 35.4 Å². The number of aromatic nitrogens is 2. The van der Waals surface area contributed by atoms with E-state index in [4.69, 9.17) is 0 Å². The molecule has 2 aromatic heterocycles. The second-order valence-electron chi connectivity index (χ2n) is 13.8. The number of unbranched alkanes of at least 4 members (excludes halogenated alkanes) is 1. The van der Waals surface area contributed by atoms with E-state index in [9.17, 15) is 26.3 Å². The highest BCUT2D eigenvalue weighted by Crippen LogP contribution is 2.40. The number of benzene rings is 2. The van der Waals surface area contributed by atoms with E-state index in [0.717, 1.165) is 60.8 Å². The topological polar surface area (TPSA) is 25.8 Å². The Balaban J connectivity index is 0.000000191. The maximum atomic E-state index is 14.5. The van der Waals surface area contributed by atoms with E-state index in [0.29, 0.717) is 11.8 Å². The molecule has 0 spiro atoms. The second kappa shape index (κ2) is 17.3. The van der Waals surface area contributed by atoms with Crippen LogP contribution in [0.25, 0.3) is 22.3 Å². The molecule has 0 N–H and O–H groups in total. The predicted octanol–water partition coefficient (Wildman–Crippen LogP) is 12.9. The Kier molecular flexibility index (Phi) is 12.9. The highest BCUT2D eigenvalue weighted by Gasteiger charge is 2.25. The van der Waals surface area contributed by atoms with Crippen LogP contribution in [0.5, 0.6) is 0 Å². The molecular weight excluding hydrogens is 634 g/mol. The maximum absolute atomic E-state index is 14.5. The molecule has 8 heteroatoms. The molecule has 6 rings (SSSR count). The van der Waals surface area contributed by atoms with Gasteiger partial charge in [0, 0.05) is 22.3 Å². The van der Waals surface area contributed by atoms with E-state index >= 15 is 0 Å². The zero-order chi connectivity index (χ0) is 34.9. The largest absolute Gasteiger partial charge is 0.223 e. The average molecular weight is 681 g/mol. The second-order valence-corrected chi connectivity index (χ2v) is 13.8. The van der Waals surface area contributed by atoms with Crippen LogP contribution >= 0.6 is 0 Å². The smallest absolute Gasteiger partial charge is 0.206 e. The van der Waals surface area contributed by atoms with Gasteiger partial charge in [-0.15, -0.1) is 0 Å². The van der Waals surface area contributed by atoms with Crippen molar-refractivity contribution in [3.63, 3.8) is 0 Å². The lowest BCUT2D eigenvalue weighted by Crippen LogP contribution is -2.13. The molecule has 2 nitrogen and oxygen atoms in total. The normalized spacial score (nSPS) is 20.8. The fourth-order valence-electron chi connectivity index (χ4n) is 7.70. The minimum atomic E-state index is -0.985. The molecule has 0 bridgehead atoms. The Hall–Kier alpha value is -3.68. The SMILES string of the molecule is CCCC1CCC(c2ccc(-c3ccc(F)nc3F)c(F)c2)CC1.CCCCC1CCC(c2ccc(-c3ccc(F)nc3F)c(F)c2)CC1. The van der Waals surface area contributed by atoms with Gasteiger partial charge < -0.3 is 0 Å². The summed E-state index contributed by atoms with van der Waals surface area (Å²) in [5.74, 6) is -2.38. The highest BCUT2D eigenvalue weighted by atomic mass is 19.2. The Morgan fingerprint density at radius 3 is 1.27 bits per heavy atom. The quantitative estimate of drug-likeness (QED) is 0.130. The number of hydrogen-bond acceptors (Lipinski definition) is 2. The molecule has 0 saturated heterocycles. The third-order valence-corrected chi connectivity index (χ3v) is 10.5. The van der Waals surface area contributed by atoms with Gasteiger partial charge in [-0.25, -0.2) is 8.78 Å². The molecule has 0 aliphatic heterocycles. The first kappa shape index (κ1) is 36.6. The van der Waals surface area contributed by atoms with E-state index in [2.05, 4.69) is 23.8 Å². The van der Waals surface area contributed by atoms with Gasteiger partial charge in [0.05, 0.1) is 0 Å². The van der Waals surface area contributed by atoms with Gasteiger partial charge in [0.1, 0.15) is 11.6 Å². The Morgan fingerprint density at radius 2 is 0.898 bits per heavy atom. The fourth-order valence-corrected chi connectivity index (χ4v) is 7.70. The molecule has 2 saturated carbocycles. The minimum absolute atomic E-state index is 0.00581. The van der Waals surface area contributed by atoms with E-state index in [1.165, 1.54) is 82.1 Å². The van der Waals surface area contributed by atoms with Crippen molar-refractivity contribution in [2.45, 2.75) is 109 Å². The lowest BCUT2D eigenvalue weighted by atomic mass is 9.77. The summed E-state index contributed by atoms with van der Waals surface area (Å²) < 4.78 is 82.4. The van der Waals surface area contributed by atoms with Crippen molar-refractivity contribution >= 4 is 0 Å². The van der Waals surface area contributed by atoms with Gasteiger partial charge in [-0.3, -0.25) is 0 Å². The van der Waals surface area contributed by atoms with E-state index in [1.54, 1.807) is 12.1 Å². The molecule has 2 aliphatic rings. The standard InChI is InChI=1S/C21H24F3N.C20H22F3N/c1-2-3-4-14-5-7-15(8-6-14)16-9-10-17(19(22)13-16)18-11-12-20(23)25-21(18)24;1-2-3-13-4-6-14(7-5-13)15-8-9-16(18(21)12-15)17-10-11-19(22)24-20(17)23/h9-15H,2-8H2,1H3;8-14H,2-7H2,1H3. The maximum Gasteiger partial charge on any atom is 0.223 e. The molecule has 49 heavy (non-hydrogen) atoms. The van der Waals surface area contributed by atoms with Gasteiger partial charge in [-0.2, -0.15) is 27.5 Å². The molecular formula is C41H46F6N2. The minimum Gasteiger partial charge on any atom is -0.206 e. The van der Waals surface area contributed by atoms with E-state index in [1.807, 2.05) is 12.1 Å². The molecule has 0 unspecified atom stereocenters. The van der Waals surface area contributed by atoms with Gasteiger partial charge >= 0.3 is 0 Å². The van der Waals surface area contributed by atoms with Crippen molar-refractivity contribution < 1.29 is 26.3 Å². The summed E-state index contributed by atoms with van der Waals surface area (Å²) in [6, 6.07) is 14.5. The van der Waals surface area contributed by atoms with Gasteiger partial charge in [0.25, 0.3) is 0 Å². The third-order valence-electron chi connectivity index (χ3n) is 10.5. The monoisotopic (exact) mass is 680 g/mol. The van der Waals surface area contributed by atoms with Crippen molar-refractivity contribution in [3.05, 3.63) is 107 Å². The molecule has 0 atom stereocenters. The molecule has 0 amide bonds. The molecule has 2 heterocycles. The third kappa shape index (κ3) is 9.52. The number of halogens is 6. The van der Waals surface area contributed by atoms with Crippen LogP contribution in [-0.4, -0.2) is 9.97 Å². The number of hydrogen-bond donors (Lipinski definition) is 0. The highest BCUT2D eigenvalue weighted by molar-refractivity contribution is 5.65. The van der Waals surface area contributed by atoms with Gasteiger partial charge in [0.2, 0.25) is 23.8 Å². The Bertz CT molecular complexity index is 1680. The lowest BCUT2D eigenvalue weighted by Gasteiger charge is -2.29. The predicted molar refractivity (Wildman–Crippen MR) is 183 cm³/mol. The summed E-state index contributed by atoms with van der Waals surface area (Å²) in [7, 11) is 0. The van der Waals surface area contributed by atoms with Crippen molar-refractivity contribution in [3.8, 4) is 22.3 Å². The number of nitrogens with zero attached hydrogens (tertiary/aromatic N) is 2.